The van der Waals surface area contributed by atoms with Crippen LogP contribution in [-0.4, -0.2) is 30.6 Å². The van der Waals surface area contributed by atoms with Crippen molar-refractivity contribution in [1.29, 1.82) is 0 Å². The van der Waals surface area contributed by atoms with Crippen molar-refractivity contribution in [1.82, 2.24) is 10.2 Å². The molecule has 0 unspecified atom stereocenters. The Morgan fingerprint density at radius 3 is 2.72 bits per heavy atom. The molecule has 0 saturated carbocycles. The molecule has 4 heteroatoms. The summed E-state index contributed by atoms with van der Waals surface area (Å²) in [5.74, 6) is -0.131. The normalized spacial score (nSPS) is 11.5. The zero-order chi connectivity index (χ0) is 13.5. The minimum atomic E-state index is -0.131. The third-order valence-corrected chi connectivity index (χ3v) is 3.32. The minimum absolute atomic E-state index is 0.131. The maximum atomic E-state index is 13.7. The van der Waals surface area contributed by atoms with Crippen molar-refractivity contribution in [2.75, 3.05) is 19.6 Å². The van der Waals surface area contributed by atoms with E-state index in [1.807, 2.05) is 6.07 Å². The lowest BCUT2D eigenvalue weighted by molar-refractivity contribution is 0.272. The van der Waals surface area contributed by atoms with Crippen LogP contribution in [-0.2, 0) is 6.54 Å². The molecular formula is C14H22BrFN2. The first kappa shape index (κ1) is 15.6. The molecule has 0 fully saturated rings. The summed E-state index contributed by atoms with van der Waals surface area (Å²) in [5.41, 5.74) is 0.746. The van der Waals surface area contributed by atoms with Gasteiger partial charge in [-0.15, -0.1) is 0 Å². The van der Waals surface area contributed by atoms with Crippen molar-refractivity contribution in [2.45, 2.75) is 33.4 Å². The lowest BCUT2D eigenvalue weighted by atomic mass is 10.2. The lowest BCUT2D eigenvalue weighted by Gasteiger charge is -2.21. The van der Waals surface area contributed by atoms with E-state index in [1.165, 1.54) is 6.07 Å². The van der Waals surface area contributed by atoms with Gasteiger partial charge < -0.3 is 5.32 Å². The molecule has 0 bridgehead atoms. The van der Waals surface area contributed by atoms with Crippen LogP contribution in [0.5, 0.6) is 0 Å². The number of nitrogens with one attached hydrogen (secondary N) is 1. The summed E-state index contributed by atoms with van der Waals surface area (Å²) in [7, 11) is 0. The van der Waals surface area contributed by atoms with Crippen LogP contribution in [0.25, 0.3) is 0 Å². The Labute approximate surface area is 118 Å². The molecule has 0 aliphatic heterocycles. The van der Waals surface area contributed by atoms with E-state index in [2.05, 4.69) is 46.9 Å². The predicted octanol–water partition coefficient (Wildman–Crippen LogP) is 3.41. The first-order valence-electron chi connectivity index (χ1n) is 6.42. The highest BCUT2D eigenvalue weighted by molar-refractivity contribution is 9.10. The fraction of sp³-hybridized carbons (Fsp3) is 0.571. The van der Waals surface area contributed by atoms with Gasteiger partial charge in [-0.3, -0.25) is 4.90 Å². The Kier molecular flexibility index (Phi) is 6.82. The van der Waals surface area contributed by atoms with E-state index in [9.17, 15) is 4.39 Å². The van der Waals surface area contributed by atoms with Gasteiger partial charge in [0.1, 0.15) is 5.82 Å². The topological polar surface area (TPSA) is 15.3 Å². The number of likely N-dealkylation sites (N-methyl/N-ethyl adjacent to an activating group) is 1. The molecule has 0 aromatic heterocycles. The molecule has 0 heterocycles. The van der Waals surface area contributed by atoms with Gasteiger partial charge in [0.15, 0.2) is 0 Å². The Morgan fingerprint density at radius 2 is 2.11 bits per heavy atom. The van der Waals surface area contributed by atoms with Gasteiger partial charge in [0.25, 0.3) is 0 Å². The highest BCUT2D eigenvalue weighted by Crippen LogP contribution is 2.17. The van der Waals surface area contributed by atoms with Crippen molar-refractivity contribution >= 4 is 15.9 Å². The maximum absolute atomic E-state index is 13.7. The smallest absolute Gasteiger partial charge is 0.127 e. The van der Waals surface area contributed by atoms with Gasteiger partial charge in [0.2, 0.25) is 0 Å². The molecule has 0 radical (unpaired) electrons. The summed E-state index contributed by atoms with van der Waals surface area (Å²) >= 11 is 3.38. The van der Waals surface area contributed by atoms with Crippen molar-refractivity contribution in [3.63, 3.8) is 0 Å². The summed E-state index contributed by atoms with van der Waals surface area (Å²) in [5, 5.41) is 3.38. The molecule has 102 valence electrons. The van der Waals surface area contributed by atoms with Crippen LogP contribution >= 0.6 is 15.9 Å². The van der Waals surface area contributed by atoms with Crippen molar-refractivity contribution in [3.8, 4) is 0 Å². The van der Waals surface area contributed by atoms with Crippen LogP contribution in [0.3, 0.4) is 0 Å². The SMILES string of the molecule is CCN(CCNC(C)C)Cc1cc(Br)ccc1F. The first-order valence-corrected chi connectivity index (χ1v) is 7.22. The average molecular weight is 317 g/mol. The summed E-state index contributed by atoms with van der Waals surface area (Å²) in [6.07, 6.45) is 0. The van der Waals surface area contributed by atoms with E-state index in [0.29, 0.717) is 12.6 Å². The van der Waals surface area contributed by atoms with Gasteiger partial charge in [-0.1, -0.05) is 36.7 Å². The molecule has 18 heavy (non-hydrogen) atoms. The third kappa shape index (κ3) is 5.46. The third-order valence-electron chi connectivity index (χ3n) is 2.83. The molecular weight excluding hydrogens is 295 g/mol. The quantitative estimate of drug-likeness (QED) is 0.829. The Balaban J connectivity index is 2.54. The Morgan fingerprint density at radius 1 is 1.39 bits per heavy atom. The first-order chi connectivity index (χ1) is 8.52. The minimum Gasteiger partial charge on any atom is -0.313 e. The van der Waals surface area contributed by atoms with Crippen LogP contribution in [0.2, 0.25) is 0 Å². The zero-order valence-corrected chi connectivity index (χ0v) is 12.9. The molecule has 0 aliphatic carbocycles. The highest BCUT2D eigenvalue weighted by Gasteiger charge is 2.08. The second-order valence-corrected chi connectivity index (χ2v) is 5.63. The van der Waals surface area contributed by atoms with Gasteiger partial charge in [-0.25, -0.2) is 4.39 Å². The molecule has 0 atom stereocenters. The summed E-state index contributed by atoms with van der Waals surface area (Å²) in [6.45, 7) is 9.80. The zero-order valence-electron chi connectivity index (χ0n) is 11.3. The fourth-order valence-electron chi connectivity index (χ4n) is 1.77. The van der Waals surface area contributed by atoms with Crippen LogP contribution in [0, 0.1) is 5.82 Å². The predicted molar refractivity (Wildman–Crippen MR) is 78.2 cm³/mol. The monoisotopic (exact) mass is 316 g/mol. The molecule has 1 N–H and O–H groups in total. The Hall–Kier alpha value is -0.450. The summed E-state index contributed by atoms with van der Waals surface area (Å²) < 4.78 is 14.6. The van der Waals surface area contributed by atoms with Gasteiger partial charge in [0.05, 0.1) is 0 Å². The van der Waals surface area contributed by atoms with Crippen molar-refractivity contribution < 1.29 is 4.39 Å². The molecule has 0 saturated heterocycles. The van der Waals surface area contributed by atoms with E-state index >= 15 is 0 Å². The van der Waals surface area contributed by atoms with Crippen LogP contribution in [0.15, 0.2) is 22.7 Å². The van der Waals surface area contributed by atoms with Crippen LogP contribution in [0.1, 0.15) is 26.3 Å². The molecule has 0 aliphatic rings. The second kappa shape index (κ2) is 7.87. The van der Waals surface area contributed by atoms with E-state index in [1.54, 1.807) is 6.07 Å². The van der Waals surface area contributed by atoms with Crippen molar-refractivity contribution in [3.05, 3.63) is 34.1 Å². The molecule has 0 spiro atoms. The summed E-state index contributed by atoms with van der Waals surface area (Å²) in [4.78, 5) is 2.24. The van der Waals surface area contributed by atoms with Gasteiger partial charge in [-0.2, -0.15) is 0 Å². The largest absolute Gasteiger partial charge is 0.313 e. The van der Waals surface area contributed by atoms with Gasteiger partial charge in [-0.05, 0) is 24.7 Å². The number of benzene rings is 1. The highest BCUT2D eigenvalue weighted by atomic mass is 79.9. The number of nitrogens with zero attached hydrogens (tertiary/aromatic N) is 1. The Bertz CT molecular complexity index is 369. The van der Waals surface area contributed by atoms with E-state index in [0.717, 1.165) is 29.7 Å². The van der Waals surface area contributed by atoms with E-state index < -0.39 is 0 Å². The number of hydrogen-bond donors (Lipinski definition) is 1. The maximum Gasteiger partial charge on any atom is 0.127 e. The number of halogens is 2. The summed E-state index contributed by atoms with van der Waals surface area (Å²) in [6, 6.07) is 5.59. The molecule has 1 aromatic carbocycles. The van der Waals surface area contributed by atoms with Gasteiger partial charge in [0, 0.05) is 35.7 Å². The number of rotatable bonds is 7. The van der Waals surface area contributed by atoms with Crippen molar-refractivity contribution in [2.24, 2.45) is 0 Å². The molecule has 1 rings (SSSR count). The standard InChI is InChI=1S/C14H22BrFN2/c1-4-18(8-7-17-11(2)3)10-12-9-13(15)5-6-14(12)16/h5-6,9,11,17H,4,7-8,10H2,1-3H3. The lowest BCUT2D eigenvalue weighted by Crippen LogP contribution is -2.34. The second-order valence-electron chi connectivity index (χ2n) is 4.71. The number of hydrogen-bond acceptors (Lipinski definition) is 2. The van der Waals surface area contributed by atoms with Gasteiger partial charge >= 0.3 is 0 Å². The molecule has 2 nitrogen and oxygen atoms in total. The van der Waals surface area contributed by atoms with E-state index in [4.69, 9.17) is 0 Å². The van der Waals surface area contributed by atoms with Crippen LogP contribution in [0.4, 0.5) is 4.39 Å². The average Bonchev–Trinajstić information content (AvgIpc) is 2.32. The molecule has 0 amide bonds. The van der Waals surface area contributed by atoms with Crippen LogP contribution < -0.4 is 5.32 Å². The fourth-order valence-corrected chi connectivity index (χ4v) is 2.17. The van der Waals surface area contributed by atoms with E-state index in [-0.39, 0.29) is 5.82 Å². The molecule has 1 aromatic rings.